The molecular weight excluding hydrogens is 600 g/mol. The molecule has 9 heteroatoms. The summed E-state index contributed by atoms with van der Waals surface area (Å²) in [6, 6.07) is 20.2. The number of aliphatic carboxylic acids is 1. The first-order valence-electron chi connectivity index (χ1n) is 14.5. The zero-order valence-corrected chi connectivity index (χ0v) is 27.6. The third kappa shape index (κ3) is 10.3. The van der Waals surface area contributed by atoms with Gasteiger partial charge in [-0.3, -0.25) is 9.59 Å². The molecule has 2 aliphatic rings. The zero-order chi connectivity index (χ0) is 30.7. The molecular formula is C35H45FeN2O6-. The van der Waals surface area contributed by atoms with Crippen LogP contribution < -0.4 is 10.6 Å². The summed E-state index contributed by atoms with van der Waals surface area (Å²) in [5.41, 5.74) is 4.37. The fourth-order valence-corrected chi connectivity index (χ4v) is 5.08. The molecule has 0 saturated carbocycles. The van der Waals surface area contributed by atoms with E-state index in [0.717, 1.165) is 34.5 Å². The molecule has 1 aliphatic carbocycles. The molecule has 1 aliphatic heterocycles. The maximum absolute atomic E-state index is 13.0. The minimum atomic E-state index is -1.31. The van der Waals surface area contributed by atoms with Gasteiger partial charge in [-0.15, -0.1) is 0 Å². The van der Waals surface area contributed by atoms with Crippen molar-refractivity contribution in [2.45, 2.75) is 71.5 Å². The number of hydrogen-bond donors (Lipinski definition) is 3. The maximum Gasteiger partial charge on any atom is 0.323 e. The van der Waals surface area contributed by atoms with E-state index in [1.165, 1.54) is 20.0 Å². The Balaban J connectivity index is 0.000000854. The minimum Gasteiger partial charge on any atom is -0.481 e. The summed E-state index contributed by atoms with van der Waals surface area (Å²) in [7, 11) is 1.39. The van der Waals surface area contributed by atoms with E-state index in [1.54, 1.807) is 6.07 Å². The molecule has 3 aromatic rings. The predicted octanol–water partition coefficient (Wildman–Crippen LogP) is 7.95. The minimum absolute atomic E-state index is 0. The van der Waals surface area contributed by atoms with Gasteiger partial charge in [0.25, 0.3) is 0 Å². The van der Waals surface area contributed by atoms with Gasteiger partial charge >= 0.3 is 12.0 Å². The molecule has 1 fully saturated rings. The van der Waals surface area contributed by atoms with Gasteiger partial charge in [-0.1, -0.05) is 56.3 Å². The van der Waals surface area contributed by atoms with Crippen molar-refractivity contribution in [3.05, 3.63) is 90.8 Å². The van der Waals surface area contributed by atoms with Crippen molar-refractivity contribution >= 4 is 29.2 Å². The number of nitrogens with one attached hydrogen (secondary N) is 2. The molecule has 0 bridgehead atoms. The van der Waals surface area contributed by atoms with Crippen LogP contribution in [0.3, 0.4) is 0 Å². The predicted molar refractivity (Wildman–Crippen MR) is 173 cm³/mol. The van der Waals surface area contributed by atoms with E-state index >= 15 is 0 Å². The van der Waals surface area contributed by atoms with Crippen LogP contribution in [0.1, 0.15) is 67.9 Å². The summed E-state index contributed by atoms with van der Waals surface area (Å²) in [6.45, 7) is 9.07. The van der Waals surface area contributed by atoms with Crippen LogP contribution in [0.5, 0.6) is 0 Å². The van der Waals surface area contributed by atoms with E-state index in [-0.39, 0.29) is 42.7 Å². The number of carboxylic acids is 1. The number of benzene rings is 3. The van der Waals surface area contributed by atoms with Crippen LogP contribution >= 0.6 is 0 Å². The molecule has 0 aromatic heterocycles. The van der Waals surface area contributed by atoms with Crippen LogP contribution in [0.15, 0.2) is 66.7 Å². The van der Waals surface area contributed by atoms with Crippen molar-refractivity contribution in [1.82, 2.24) is 0 Å². The topological polar surface area (TPSA) is 114 Å². The smallest absolute Gasteiger partial charge is 0.323 e. The van der Waals surface area contributed by atoms with Crippen LogP contribution in [0, 0.1) is 14.4 Å². The van der Waals surface area contributed by atoms with Gasteiger partial charge in [0.05, 0.1) is 12.5 Å². The Morgan fingerprint density at radius 3 is 2.20 bits per heavy atom. The van der Waals surface area contributed by atoms with Gasteiger partial charge in [0.1, 0.15) is 5.60 Å². The monoisotopic (exact) mass is 645 g/mol. The Kier molecular flexibility index (Phi) is 16.1. The van der Waals surface area contributed by atoms with Crippen molar-refractivity contribution in [3.63, 3.8) is 0 Å². The summed E-state index contributed by atoms with van der Waals surface area (Å²) in [5, 5.41) is 14.8. The fraction of sp³-hybridized carbons (Fsp3) is 0.371. The molecule has 2 amide bonds. The summed E-state index contributed by atoms with van der Waals surface area (Å²) in [5.74, 6) is -1.35. The normalized spacial score (nSPS) is 18.0. The number of urea groups is 1. The molecule has 0 spiro atoms. The summed E-state index contributed by atoms with van der Waals surface area (Å²) < 4.78 is 10.5. The van der Waals surface area contributed by atoms with Crippen molar-refractivity contribution in [1.29, 1.82) is 0 Å². The van der Waals surface area contributed by atoms with E-state index in [9.17, 15) is 19.5 Å². The first-order chi connectivity index (χ1) is 20.2. The average molecular weight is 646 g/mol. The first kappa shape index (κ1) is 38.5. The summed E-state index contributed by atoms with van der Waals surface area (Å²) in [4.78, 5) is 36.6. The molecule has 8 nitrogen and oxygen atoms in total. The van der Waals surface area contributed by atoms with Crippen LogP contribution in [0.25, 0.3) is 11.1 Å². The molecule has 240 valence electrons. The van der Waals surface area contributed by atoms with Gasteiger partial charge in [-0.05, 0) is 86.1 Å². The number of ketones is 1. The SMILES string of the molecule is CC.CC1CCCO1.COC1(CC(=O)O)CCc2cc(-c3ccc(NC(=O)Nc4cccc(C)c4)cc3)ccc2C1=O.[CH3-].[Fe]. The molecule has 2 unspecified atom stereocenters. The van der Waals surface area contributed by atoms with Crippen molar-refractivity contribution in [2.75, 3.05) is 24.4 Å². The molecule has 44 heavy (non-hydrogen) atoms. The standard InChI is InChI=1S/C27H26N2O5.C5H10O.C2H6.CH3.Fe/c1-17-4-3-5-22(14-17)29-26(33)28-21-9-6-18(7-10-21)19-8-11-23-20(15-19)12-13-27(34-2,25(23)32)16-24(30)31;1-5-3-2-4-6-5;1-2;;/h3-11,14-15H,12-13,16H2,1-2H3,(H,30,31)(H2,28,29,33);5H,2-4H2,1H3;1-2H3;1H3;/q;;;-1;. The maximum atomic E-state index is 13.0. The van der Waals surface area contributed by atoms with Gasteiger partial charge < -0.3 is 32.6 Å². The van der Waals surface area contributed by atoms with Gasteiger partial charge in [-0.25, -0.2) is 4.79 Å². The zero-order valence-electron chi connectivity index (χ0n) is 26.5. The van der Waals surface area contributed by atoms with Crippen molar-refractivity contribution in [3.8, 4) is 11.1 Å². The number of hydrogen-bond acceptors (Lipinski definition) is 5. The molecule has 3 N–H and O–H groups in total. The quantitative estimate of drug-likeness (QED) is 0.185. The number of carboxylic acid groups (broad SMARTS) is 1. The number of fused-ring (bicyclic) bond motifs is 1. The van der Waals surface area contributed by atoms with Gasteiger partial charge in [-0.2, -0.15) is 0 Å². The average Bonchev–Trinajstić information content (AvgIpc) is 3.47. The Bertz CT molecular complexity index is 1370. The van der Waals surface area contributed by atoms with Crippen molar-refractivity contribution < 1.29 is 46.0 Å². The summed E-state index contributed by atoms with van der Waals surface area (Å²) in [6.07, 6.45) is 3.60. The van der Waals surface area contributed by atoms with Crippen LogP contribution in [0.4, 0.5) is 16.2 Å². The summed E-state index contributed by atoms with van der Waals surface area (Å²) >= 11 is 0. The molecule has 0 radical (unpaired) electrons. The van der Waals surface area contributed by atoms with Crippen LogP contribution in [-0.4, -0.2) is 48.3 Å². The molecule has 1 heterocycles. The molecule has 5 rings (SSSR count). The second kappa shape index (κ2) is 18.3. The van der Waals surface area contributed by atoms with Gasteiger partial charge in [0.2, 0.25) is 0 Å². The van der Waals surface area contributed by atoms with E-state index in [0.29, 0.717) is 30.2 Å². The Hall–Kier alpha value is -3.49. The first-order valence-corrected chi connectivity index (χ1v) is 14.5. The second-order valence-electron chi connectivity index (χ2n) is 10.3. The fourth-order valence-electron chi connectivity index (χ4n) is 5.08. The number of rotatable bonds is 6. The van der Waals surface area contributed by atoms with Gasteiger partial charge in [0.15, 0.2) is 5.78 Å². The number of carbonyl (C=O) groups excluding carboxylic acids is 2. The van der Waals surface area contributed by atoms with Crippen LogP contribution in [-0.2, 0) is 37.8 Å². The Labute approximate surface area is 272 Å². The molecule has 2 atom stereocenters. The second-order valence-corrected chi connectivity index (χ2v) is 10.3. The Morgan fingerprint density at radius 2 is 1.66 bits per heavy atom. The van der Waals surface area contributed by atoms with Crippen LogP contribution in [0.2, 0.25) is 0 Å². The third-order valence-electron chi connectivity index (χ3n) is 7.30. The number of anilines is 2. The number of ether oxygens (including phenoxy) is 2. The Morgan fingerprint density at radius 1 is 1.00 bits per heavy atom. The van der Waals surface area contributed by atoms with E-state index in [2.05, 4.69) is 17.6 Å². The van der Waals surface area contributed by atoms with Gasteiger partial charge in [0, 0.05) is 47.7 Å². The van der Waals surface area contributed by atoms with E-state index in [1.807, 2.05) is 81.4 Å². The number of methoxy groups -OCH3 is 1. The van der Waals surface area contributed by atoms with E-state index in [4.69, 9.17) is 9.47 Å². The molecule has 1 saturated heterocycles. The van der Waals surface area contributed by atoms with Crippen molar-refractivity contribution in [2.24, 2.45) is 0 Å². The molecule has 3 aromatic carbocycles. The van der Waals surface area contributed by atoms with E-state index < -0.39 is 11.6 Å². The number of amides is 2. The third-order valence-corrected chi connectivity index (χ3v) is 7.30. The largest absolute Gasteiger partial charge is 0.481 e. The number of aryl methyl sites for hydroxylation is 2. The number of carbonyl (C=O) groups is 3. The number of Topliss-reactive ketones (excluding diaryl/α,β-unsaturated/α-hetero) is 1.